The first-order valence-corrected chi connectivity index (χ1v) is 11.8. The third-order valence-electron chi connectivity index (χ3n) is 7.25. The van der Waals surface area contributed by atoms with Crippen LogP contribution in [-0.4, -0.2) is 49.9 Å². The standard InChI is InChI=1S/C25H23F3N6O3/c1-14-9-17-18(12-33(14)2)29-13-30-22(17)36-16-3-4-19-15(10-16)5-8-34(19)23(35)31-21-11-20(37-32-21)24(6-7-24)25(26,27)28/h3-5,8,10-11,13-14H,6-7,9,12H2,1-2H3,(H,31,32,35)/t14-/m0/s1. The minimum absolute atomic E-state index is 0.0559. The van der Waals surface area contributed by atoms with Crippen molar-refractivity contribution in [3.63, 3.8) is 0 Å². The van der Waals surface area contributed by atoms with Crippen molar-refractivity contribution in [3.05, 3.63) is 59.9 Å². The van der Waals surface area contributed by atoms with E-state index in [0.29, 0.717) is 23.2 Å². The predicted octanol–water partition coefficient (Wildman–Crippen LogP) is 5.26. The van der Waals surface area contributed by atoms with Crippen LogP contribution >= 0.6 is 0 Å². The average molecular weight is 512 g/mol. The highest BCUT2D eigenvalue weighted by Crippen LogP contribution is 2.59. The van der Waals surface area contributed by atoms with E-state index in [0.717, 1.165) is 35.7 Å². The summed E-state index contributed by atoms with van der Waals surface area (Å²) in [5, 5.41) is 6.86. The van der Waals surface area contributed by atoms with Gasteiger partial charge in [-0.15, -0.1) is 0 Å². The fraction of sp³-hybridized carbons (Fsp3) is 0.360. The summed E-state index contributed by atoms with van der Waals surface area (Å²) in [4.78, 5) is 23.8. The lowest BCUT2D eigenvalue weighted by atomic mass is 10.0. The van der Waals surface area contributed by atoms with Gasteiger partial charge in [0.05, 0.1) is 11.2 Å². The van der Waals surface area contributed by atoms with Gasteiger partial charge >= 0.3 is 12.2 Å². The highest BCUT2D eigenvalue weighted by Gasteiger charge is 2.66. The van der Waals surface area contributed by atoms with E-state index in [2.05, 4.69) is 39.3 Å². The summed E-state index contributed by atoms with van der Waals surface area (Å²) in [6.45, 7) is 2.86. The third kappa shape index (κ3) is 4.01. The Balaban J connectivity index is 1.20. The van der Waals surface area contributed by atoms with Gasteiger partial charge in [0.15, 0.2) is 11.6 Å². The summed E-state index contributed by atoms with van der Waals surface area (Å²) >= 11 is 0. The van der Waals surface area contributed by atoms with Crippen LogP contribution in [0, 0.1) is 0 Å². The lowest BCUT2D eigenvalue weighted by molar-refractivity contribution is -0.165. The van der Waals surface area contributed by atoms with Crippen LogP contribution in [0.15, 0.2) is 47.4 Å². The number of fused-ring (bicyclic) bond motifs is 2. The van der Waals surface area contributed by atoms with E-state index in [1.807, 2.05) is 0 Å². The summed E-state index contributed by atoms with van der Waals surface area (Å²) in [5.74, 6) is 0.699. The first-order chi connectivity index (χ1) is 17.6. The number of rotatable bonds is 4. The fourth-order valence-electron chi connectivity index (χ4n) is 4.70. The Morgan fingerprint density at radius 3 is 2.78 bits per heavy atom. The number of ether oxygens (including phenoxy) is 1. The van der Waals surface area contributed by atoms with Crippen molar-refractivity contribution < 1.29 is 27.2 Å². The second-order valence-electron chi connectivity index (χ2n) is 9.67. The number of alkyl halides is 3. The first kappa shape index (κ1) is 23.5. The van der Waals surface area contributed by atoms with Crippen LogP contribution in [0.1, 0.15) is 36.8 Å². The average Bonchev–Trinajstić information content (AvgIpc) is 3.37. The molecule has 1 amide bonds. The number of carbonyl (C=O) groups excluding carboxylic acids is 1. The Labute approximate surface area is 209 Å². The lowest BCUT2D eigenvalue weighted by Crippen LogP contribution is -2.35. The zero-order valence-corrected chi connectivity index (χ0v) is 20.0. The number of aromatic nitrogens is 4. The number of likely N-dealkylation sites (N-methyl/N-ethyl adjacent to an activating group) is 1. The van der Waals surface area contributed by atoms with Crippen molar-refractivity contribution in [3.8, 4) is 11.6 Å². The molecule has 0 radical (unpaired) electrons. The van der Waals surface area contributed by atoms with Crippen LogP contribution in [0.5, 0.6) is 11.6 Å². The zero-order chi connectivity index (χ0) is 25.9. The van der Waals surface area contributed by atoms with Gasteiger partial charge in [-0.3, -0.25) is 14.8 Å². The van der Waals surface area contributed by atoms with Crippen LogP contribution in [0.4, 0.5) is 23.8 Å². The number of hydrogen-bond acceptors (Lipinski definition) is 7. The molecule has 1 fully saturated rings. The summed E-state index contributed by atoms with van der Waals surface area (Å²) in [6.07, 6.45) is -0.711. The molecule has 3 aromatic heterocycles. The summed E-state index contributed by atoms with van der Waals surface area (Å²) in [7, 11) is 2.05. The van der Waals surface area contributed by atoms with E-state index in [1.165, 1.54) is 10.9 Å². The van der Waals surface area contributed by atoms with Crippen molar-refractivity contribution in [1.29, 1.82) is 0 Å². The van der Waals surface area contributed by atoms with Crippen LogP contribution in [0.2, 0.25) is 0 Å². The summed E-state index contributed by atoms with van der Waals surface area (Å²) in [5.41, 5.74) is 0.502. The van der Waals surface area contributed by atoms with Gasteiger partial charge in [0, 0.05) is 35.8 Å². The Morgan fingerprint density at radius 1 is 1.22 bits per heavy atom. The molecule has 1 aromatic carbocycles. The van der Waals surface area contributed by atoms with Crippen LogP contribution in [-0.2, 0) is 18.4 Å². The topological polar surface area (TPSA) is 98.3 Å². The number of anilines is 1. The normalized spacial score (nSPS) is 19.0. The molecule has 1 atom stereocenters. The molecule has 0 bridgehead atoms. The molecular formula is C25H23F3N6O3. The van der Waals surface area contributed by atoms with Gasteiger partial charge in [0.2, 0.25) is 5.88 Å². The van der Waals surface area contributed by atoms with Crippen molar-refractivity contribution in [1.82, 2.24) is 24.6 Å². The molecule has 1 saturated carbocycles. The maximum Gasteiger partial charge on any atom is 0.401 e. The van der Waals surface area contributed by atoms with Crippen molar-refractivity contribution in [2.24, 2.45) is 0 Å². The van der Waals surface area contributed by atoms with Crippen molar-refractivity contribution in [2.45, 2.75) is 50.4 Å². The van der Waals surface area contributed by atoms with Crippen LogP contribution in [0.25, 0.3) is 10.9 Å². The molecule has 1 aliphatic carbocycles. The number of amides is 1. The zero-order valence-electron chi connectivity index (χ0n) is 20.0. The maximum atomic E-state index is 13.3. The largest absolute Gasteiger partial charge is 0.439 e. The summed E-state index contributed by atoms with van der Waals surface area (Å²) < 4.78 is 52.4. The number of carbonyl (C=O) groups is 1. The quantitative estimate of drug-likeness (QED) is 0.398. The van der Waals surface area contributed by atoms with E-state index in [9.17, 15) is 18.0 Å². The number of nitrogens with zero attached hydrogens (tertiary/aromatic N) is 5. The number of halogens is 3. The molecule has 6 rings (SSSR count). The van der Waals surface area contributed by atoms with Crippen molar-refractivity contribution in [2.75, 3.05) is 12.4 Å². The Hall–Kier alpha value is -3.93. The fourth-order valence-corrected chi connectivity index (χ4v) is 4.70. The summed E-state index contributed by atoms with van der Waals surface area (Å²) in [6, 6.07) is 7.88. The number of benzene rings is 1. The highest BCUT2D eigenvalue weighted by atomic mass is 19.4. The van der Waals surface area contributed by atoms with E-state index >= 15 is 0 Å². The van der Waals surface area contributed by atoms with E-state index in [4.69, 9.17) is 9.26 Å². The third-order valence-corrected chi connectivity index (χ3v) is 7.25. The van der Waals surface area contributed by atoms with E-state index in [-0.39, 0.29) is 24.4 Å². The Bertz CT molecular complexity index is 1510. The van der Waals surface area contributed by atoms with Crippen molar-refractivity contribution >= 4 is 22.8 Å². The number of hydrogen-bond donors (Lipinski definition) is 1. The minimum Gasteiger partial charge on any atom is -0.439 e. The molecular weight excluding hydrogens is 489 g/mol. The van der Waals surface area contributed by atoms with E-state index in [1.54, 1.807) is 30.5 Å². The predicted molar refractivity (Wildman–Crippen MR) is 127 cm³/mol. The molecule has 4 heterocycles. The molecule has 4 aromatic rings. The molecule has 9 nitrogen and oxygen atoms in total. The van der Waals surface area contributed by atoms with Gasteiger partial charge in [-0.2, -0.15) is 13.2 Å². The van der Waals surface area contributed by atoms with Gasteiger partial charge in [0.25, 0.3) is 0 Å². The molecule has 1 N–H and O–H groups in total. The molecule has 12 heteroatoms. The Morgan fingerprint density at radius 2 is 2.03 bits per heavy atom. The Kier molecular flexibility index (Phi) is 5.26. The molecule has 37 heavy (non-hydrogen) atoms. The second kappa shape index (κ2) is 8.30. The van der Waals surface area contributed by atoms with Gasteiger partial charge < -0.3 is 9.26 Å². The maximum absolute atomic E-state index is 13.3. The lowest BCUT2D eigenvalue weighted by Gasteiger charge is -2.31. The minimum atomic E-state index is -4.43. The SMILES string of the molecule is C[C@H]1Cc2c(ncnc2Oc2ccc3c(ccn3C(=O)Nc3cc(C4(C(F)(F)F)CC4)on3)c2)CN1C. The second-order valence-corrected chi connectivity index (χ2v) is 9.67. The molecule has 0 spiro atoms. The molecule has 0 unspecified atom stereocenters. The highest BCUT2D eigenvalue weighted by molar-refractivity contribution is 5.98. The molecule has 1 aliphatic heterocycles. The van der Waals surface area contributed by atoms with E-state index < -0.39 is 17.6 Å². The molecule has 0 saturated heterocycles. The van der Waals surface area contributed by atoms with Gasteiger partial charge in [-0.1, -0.05) is 5.16 Å². The number of nitrogens with one attached hydrogen (secondary N) is 1. The first-order valence-electron chi connectivity index (χ1n) is 11.8. The molecule has 2 aliphatic rings. The van der Waals surface area contributed by atoms with Gasteiger partial charge in [-0.05, 0) is 57.5 Å². The molecule has 192 valence electrons. The van der Waals surface area contributed by atoms with Crippen LogP contribution < -0.4 is 10.1 Å². The monoisotopic (exact) mass is 512 g/mol. The van der Waals surface area contributed by atoms with Crippen LogP contribution in [0.3, 0.4) is 0 Å². The smallest absolute Gasteiger partial charge is 0.401 e. The van der Waals surface area contributed by atoms with Gasteiger partial charge in [0.1, 0.15) is 17.5 Å². The van der Waals surface area contributed by atoms with Gasteiger partial charge in [-0.25, -0.2) is 14.8 Å².